The third-order valence-corrected chi connectivity index (χ3v) is 12.7. The maximum absolute atomic E-state index is 10.1. The number of hydrogen-bond donors (Lipinski definition) is 2. The molecule has 9 aromatic rings. The highest BCUT2D eigenvalue weighted by Crippen LogP contribution is 2.46. The number of carbonyl (C=O) groups is 1. The highest BCUT2D eigenvalue weighted by atomic mass is 79.9. The average molecular weight is 1180 g/mol. The Labute approximate surface area is 453 Å². The van der Waals surface area contributed by atoms with Crippen LogP contribution in [0.5, 0.6) is 17.2 Å². The van der Waals surface area contributed by atoms with E-state index in [0.717, 1.165) is 80.4 Å². The molecule has 2 aliphatic rings. The van der Waals surface area contributed by atoms with Gasteiger partial charge in [0, 0.05) is 123 Å². The minimum atomic E-state index is -0.298. The predicted molar refractivity (Wildman–Crippen MR) is 296 cm³/mol. The third-order valence-electron chi connectivity index (χ3n) is 11.4. The number of aryl methyl sites for hydroxylation is 3. The highest BCUT2D eigenvalue weighted by molar-refractivity contribution is 9.11. The van der Waals surface area contributed by atoms with E-state index in [1.807, 2.05) is 110 Å². The second-order valence-electron chi connectivity index (χ2n) is 15.9. The van der Waals surface area contributed by atoms with Gasteiger partial charge in [0.1, 0.15) is 41.6 Å². The fraction of sp³-hybridized carbons (Fsp3) is 0.143. The number of aldehydes is 1. The Kier molecular flexibility index (Phi) is 19.6. The summed E-state index contributed by atoms with van der Waals surface area (Å²) < 4.78 is 20.3. The smallest absolute Gasteiger partial charge is 0.205 e. The molecule has 3 aromatic carbocycles. The van der Waals surface area contributed by atoms with Crippen LogP contribution in [0, 0.1) is 45.3 Å². The third kappa shape index (κ3) is 12.4. The van der Waals surface area contributed by atoms with Crippen LogP contribution < -0.4 is 15.2 Å². The summed E-state index contributed by atoms with van der Waals surface area (Å²) in [5.41, 5.74) is 14.6. The van der Waals surface area contributed by atoms with Gasteiger partial charge in [-0.2, -0.15) is 21.0 Å². The van der Waals surface area contributed by atoms with Crippen LogP contribution in [0.4, 0.5) is 0 Å². The maximum atomic E-state index is 10.1. The minimum absolute atomic E-state index is 0. The van der Waals surface area contributed by atoms with Crippen molar-refractivity contribution in [3.8, 4) is 41.5 Å². The first-order chi connectivity index (χ1) is 34.8. The maximum Gasteiger partial charge on any atom is 0.205 e. The van der Waals surface area contributed by atoms with E-state index in [-0.39, 0.29) is 39.0 Å². The van der Waals surface area contributed by atoms with Gasteiger partial charge >= 0.3 is 0 Å². The number of nitriles is 4. The van der Waals surface area contributed by atoms with E-state index >= 15 is 0 Å². The van der Waals surface area contributed by atoms with Gasteiger partial charge < -0.3 is 34.0 Å². The van der Waals surface area contributed by atoms with Crippen molar-refractivity contribution in [1.29, 1.82) is 21.0 Å². The molecule has 18 heteroatoms. The van der Waals surface area contributed by atoms with E-state index in [4.69, 9.17) is 25.7 Å². The van der Waals surface area contributed by atoms with Crippen molar-refractivity contribution in [2.45, 2.75) is 33.1 Å². The molecular formula is C56H48Br3N11O4. The summed E-state index contributed by atoms with van der Waals surface area (Å²) in [6, 6.07) is 33.0. The predicted octanol–water partition coefficient (Wildman–Crippen LogP) is 13.1. The van der Waals surface area contributed by atoms with E-state index < -0.39 is 0 Å². The number of fused-ring (bicyclic) bond motifs is 7. The van der Waals surface area contributed by atoms with Crippen LogP contribution in [-0.4, -0.2) is 40.0 Å². The lowest BCUT2D eigenvalue weighted by Gasteiger charge is -2.27. The summed E-state index contributed by atoms with van der Waals surface area (Å²) in [6.07, 6.45) is 18.4. The second kappa shape index (κ2) is 25.7. The molecule has 0 fully saturated rings. The number of allylic oxidation sites excluding steroid dienone is 2. The number of hydrogen-bond acceptors (Lipinski definition) is 12. The molecule has 8 heterocycles. The lowest BCUT2D eigenvalue weighted by molar-refractivity contribution is 0.112. The molecule has 0 spiro atoms. The van der Waals surface area contributed by atoms with Gasteiger partial charge in [-0.15, -0.1) is 0 Å². The van der Waals surface area contributed by atoms with Crippen LogP contribution in [0.25, 0.3) is 32.7 Å². The van der Waals surface area contributed by atoms with Crippen molar-refractivity contribution >= 4 is 86.8 Å². The number of rotatable bonds is 3. The molecular weight excluding hydrogens is 1130 g/mol. The summed E-state index contributed by atoms with van der Waals surface area (Å²) in [4.78, 5) is 22.3. The Balaban J connectivity index is 0.000000187. The average Bonchev–Trinajstić information content (AvgIpc) is 4.10. The molecule has 11 rings (SSSR count). The second-order valence-corrected chi connectivity index (χ2v) is 18.7. The fourth-order valence-electron chi connectivity index (χ4n) is 8.11. The van der Waals surface area contributed by atoms with Crippen molar-refractivity contribution in [2.24, 2.45) is 26.9 Å². The molecule has 15 nitrogen and oxygen atoms in total. The zero-order chi connectivity index (χ0) is 51.5. The Bertz CT molecular complexity index is 3720. The zero-order valence-electron chi connectivity index (χ0n) is 38.6. The van der Waals surface area contributed by atoms with Crippen LogP contribution in [0.3, 0.4) is 0 Å². The molecule has 2 atom stereocenters. The molecule has 74 heavy (non-hydrogen) atoms. The number of nitrogens with two attached hydrogens (primary N) is 1. The van der Waals surface area contributed by atoms with Gasteiger partial charge in [0.25, 0.3) is 0 Å². The molecule has 0 aliphatic carbocycles. The quantitative estimate of drug-likeness (QED) is 0.157. The number of carbonyl (C=O) groups excluding carboxylic acids is 1. The fourth-order valence-corrected chi connectivity index (χ4v) is 9.25. The number of phenols is 1. The summed E-state index contributed by atoms with van der Waals surface area (Å²) >= 11 is 10.1. The highest BCUT2D eigenvalue weighted by Gasteiger charge is 2.33. The van der Waals surface area contributed by atoms with Crippen molar-refractivity contribution in [1.82, 2.24) is 28.7 Å². The first kappa shape index (κ1) is 56.4. The number of aromatic hydroxyl groups is 1. The lowest BCUT2D eigenvalue weighted by atomic mass is 9.84. The zero-order valence-corrected chi connectivity index (χ0v) is 43.3. The Morgan fingerprint density at radius 3 is 1.62 bits per heavy atom. The SMILES string of the molecule is C.C.Cn1ccc2c(O)cccc21.Cn1ccc2c3c(ccc21)C(c1cncc(Br)c1)C(C#N)=C(N)O3.Cn1ccc2c3c(ccc21)C(c1cncc(Br)c1)C(C#N)=CO3.N#CCC#N.O=Cc1cncc(Br)c1. The van der Waals surface area contributed by atoms with E-state index in [2.05, 4.69) is 85.5 Å². The molecule has 6 aromatic heterocycles. The summed E-state index contributed by atoms with van der Waals surface area (Å²) in [6.45, 7) is 0. The molecule has 2 unspecified atom stereocenters. The molecule has 0 amide bonds. The number of pyridine rings is 3. The van der Waals surface area contributed by atoms with Crippen molar-refractivity contribution in [3.05, 3.63) is 199 Å². The normalized spacial score (nSPS) is 13.5. The number of benzene rings is 3. The molecule has 372 valence electrons. The standard InChI is InChI=1S/C18H13BrN4O.C18H12BrN3O.C9H9NO.C6H4BrNO.C3H2N2.2CH4/c1-23-5-4-12-15(23)3-2-13-16(10-6-11(19)9-22-8-10)14(7-20)18(21)24-17(12)13;1-22-5-4-14-16(22)3-2-15-17(11-6-13(19)9-21-8-11)12(7-20)10-23-18(14)15;1-10-6-5-7-8(10)3-2-4-9(7)11;7-6-1-5(4-9)2-8-3-6;4-2-1-3-5;;/h2-6,8-9,16H,21H2,1H3;2-6,8-10,17H,1H3;2-6,11H,1H3;1-4H;1H2;2*1H4. The number of aromatic nitrogens is 6. The topological polar surface area (TPSA) is 230 Å². The summed E-state index contributed by atoms with van der Waals surface area (Å²) in [5.74, 6) is 1.54. The largest absolute Gasteiger partial charge is 0.507 e. The molecule has 3 N–H and O–H groups in total. The van der Waals surface area contributed by atoms with Gasteiger partial charge in [-0.3, -0.25) is 19.7 Å². The van der Waals surface area contributed by atoms with Gasteiger partial charge in [-0.25, -0.2) is 0 Å². The van der Waals surface area contributed by atoms with E-state index in [1.165, 1.54) is 6.20 Å². The summed E-state index contributed by atoms with van der Waals surface area (Å²) in [5, 5.41) is 46.6. The Morgan fingerprint density at radius 2 is 1.15 bits per heavy atom. The van der Waals surface area contributed by atoms with Crippen LogP contribution in [0.15, 0.2) is 171 Å². The monoisotopic (exact) mass is 1180 g/mol. The van der Waals surface area contributed by atoms with Crippen LogP contribution in [0.2, 0.25) is 0 Å². The van der Waals surface area contributed by atoms with Gasteiger partial charge in [0.15, 0.2) is 6.29 Å². The van der Waals surface area contributed by atoms with Crippen molar-refractivity contribution in [3.63, 3.8) is 0 Å². The van der Waals surface area contributed by atoms with E-state index in [0.29, 0.717) is 28.2 Å². The van der Waals surface area contributed by atoms with Crippen molar-refractivity contribution < 1.29 is 19.4 Å². The molecule has 2 aliphatic heterocycles. The van der Waals surface area contributed by atoms with Gasteiger partial charge in [0.05, 0.1) is 52.2 Å². The number of halogens is 3. The van der Waals surface area contributed by atoms with Crippen LogP contribution in [0.1, 0.15) is 65.7 Å². The van der Waals surface area contributed by atoms with Crippen LogP contribution >= 0.6 is 47.8 Å². The first-order valence-electron chi connectivity index (χ1n) is 21.6. The van der Waals surface area contributed by atoms with Crippen molar-refractivity contribution in [2.75, 3.05) is 0 Å². The molecule has 0 saturated carbocycles. The van der Waals surface area contributed by atoms with Gasteiger partial charge in [-0.1, -0.05) is 33.1 Å². The summed E-state index contributed by atoms with van der Waals surface area (Å²) in [7, 11) is 5.94. The number of nitrogens with zero attached hydrogens (tertiary/aromatic N) is 10. The number of phenolic OH excluding ortho intramolecular Hbond substituents is 1. The van der Waals surface area contributed by atoms with E-state index in [9.17, 15) is 20.4 Å². The minimum Gasteiger partial charge on any atom is -0.507 e. The Hall–Kier alpha value is -8.52. The van der Waals surface area contributed by atoms with Gasteiger partial charge in [0.2, 0.25) is 5.88 Å². The van der Waals surface area contributed by atoms with E-state index in [1.54, 1.807) is 61.5 Å². The Morgan fingerprint density at radius 1 is 0.649 bits per heavy atom. The first-order valence-corrected chi connectivity index (χ1v) is 23.9. The number of ether oxygens (including phenoxy) is 2. The molecule has 0 saturated heterocycles. The lowest BCUT2D eigenvalue weighted by Crippen LogP contribution is -2.21. The van der Waals surface area contributed by atoms with Crippen LogP contribution in [-0.2, 0) is 21.1 Å². The molecule has 0 radical (unpaired) electrons. The molecule has 0 bridgehead atoms. The van der Waals surface area contributed by atoms with Gasteiger partial charge in [-0.05, 0) is 120 Å².